The van der Waals surface area contributed by atoms with Crippen LogP contribution in [0.2, 0.25) is 0 Å². The summed E-state index contributed by atoms with van der Waals surface area (Å²) in [4.78, 5) is 0. The van der Waals surface area contributed by atoms with Gasteiger partial charge in [-0.3, -0.25) is 0 Å². The molecule has 0 bridgehead atoms. The summed E-state index contributed by atoms with van der Waals surface area (Å²) in [5.41, 5.74) is 1.35. The highest BCUT2D eigenvalue weighted by molar-refractivity contribution is 5.14. The molecular formula is C15H24O3. The molecule has 1 aromatic carbocycles. The minimum absolute atomic E-state index is 0.225. The van der Waals surface area contributed by atoms with Gasteiger partial charge in [0, 0.05) is 19.8 Å². The van der Waals surface area contributed by atoms with E-state index >= 15 is 0 Å². The fraction of sp³-hybridized carbons (Fsp3) is 0.600. The van der Waals surface area contributed by atoms with Crippen molar-refractivity contribution in [2.45, 2.75) is 33.0 Å². The molecule has 102 valence electrons. The molecule has 0 saturated carbocycles. The number of hydrogen-bond acceptors (Lipinski definition) is 3. The van der Waals surface area contributed by atoms with Crippen molar-refractivity contribution >= 4 is 0 Å². The highest BCUT2D eigenvalue weighted by Gasteiger charge is 2.07. The Hall–Kier alpha value is -0.900. The van der Waals surface area contributed by atoms with Gasteiger partial charge in [-0.2, -0.15) is 0 Å². The summed E-state index contributed by atoms with van der Waals surface area (Å²) in [5.74, 6) is 0. The lowest BCUT2D eigenvalue weighted by Crippen LogP contribution is -2.23. The van der Waals surface area contributed by atoms with Crippen LogP contribution in [0.5, 0.6) is 0 Å². The molecule has 3 heteroatoms. The Morgan fingerprint density at radius 2 is 1.67 bits per heavy atom. The fourth-order valence-corrected chi connectivity index (χ4v) is 1.72. The molecule has 0 atom stereocenters. The largest absolute Gasteiger partial charge is 0.376 e. The van der Waals surface area contributed by atoms with Gasteiger partial charge in [-0.15, -0.1) is 0 Å². The molecule has 0 aliphatic heterocycles. The summed E-state index contributed by atoms with van der Waals surface area (Å²) in [5, 5.41) is 0. The zero-order valence-corrected chi connectivity index (χ0v) is 11.4. The average Bonchev–Trinajstić information content (AvgIpc) is 2.40. The minimum Gasteiger partial charge on any atom is -0.376 e. The molecule has 0 saturated heterocycles. The van der Waals surface area contributed by atoms with Gasteiger partial charge < -0.3 is 14.2 Å². The van der Waals surface area contributed by atoms with Crippen molar-refractivity contribution in [3.05, 3.63) is 35.9 Å². The first kappa shape index (κ1) is 15.2. The van der Waals surface area contributed by atoms with Crippen LogP contribution in [0.25, 0.3) is 0 Å². The average molecular weight is 252 g/mol. The third-order valence-corrected chi connectivity index (χ3v) is 2.56. The lowest BCUT2D eigenvalue weighted by Gasteiger charge is -2.16. The Balaban J connectivity index is 2.06. The van der Waals surface area contributed by atoms with E-state index in [1.165, 1.54) is 5.56 Å². The summed E-state index contributed by atoms with van der Waals surface area (Å²) in [6, 6.07) is 10.5. The van der Waals surface area contributed by atoms with E-state index in [0.717, 1.165) is 19.4 Å². The number of rotatable bonds is 10. The van der Waals surface area contributed by atoms with Gasteiger partial charge in [-0.05, 0) is 32.3 Å². The monoisotopic (exact) mass is 252 g/mol. The summed E-state index contributed by atoms with van der Waals surface area (Å²) >= 11 is 0. The van der Waals surface area contributed by atoms with Crippen LogP contribution >= 0.6 is 0 Å². The standard InChI is InChI=1S/C15H24O3/c1-3-17-15(18-4-2)13-16-12-8-11-14-9-6-5-7-10-14/h5-7,9-10,15H,3-4,8,11-13H2,1-2H3. The Morgan fingerprint density at radius 1 is 1.00 bits per heavy atom. The molecule has 18 heavy (non-hydrogen) atoms. The molecule has 3 nitrogen and oxygen atoms in total. The van der Waals surface area contributed by atoms with Crippen molar-refractivity contribution in [1.82, 2.24) is 0 Å². The van der Waals surface area contributed by atoms with E-state index in [9.17, 15) is 0 Å². The molecule has 0 spiro atoms. The summed E-state index contributed by atoms with van der Waals surface area (Å²) in [6.45, 7) is 6.47. The Labute approximate surface area is 110 Å². The van der Waals surface area contributed by atoms with Gasteiger partial charge >= 0.3 is 0 Å². The topological polar surface area (TPSA) is 27.7 Å². The molecule has 0 heterocycles. The second-order valence-corrected chi connectivity index (χ2v) is 4.00. The van der Waals surface area contributed by atoms with Crippen LogP contribution in [0.3, 0.4) is 0 Å². The first-order chi connectivity index (χ1) is 8.86. The highest BCUT2D eigenvalue weighted by atomic mass is 16.7. The van der Waals surface area contributed by atoms with E-state index in [0.29, 0.717) is 19.8 Å². The van der Waals surface area contributed by atoms with Crippen LogP contribution in [-0.4, -0.2) is 32.7 Å². The van der Waals surface area contributed by atoms with E-state index in [-0.39, 0.29) is 6.29 Å². The molecule has 1 aromatic rings. The van der Waals surface area contributed by atoms with Gasteiger partial charge in [0.15, 0.2) is 6.29 Å². The summed E-state index contributed by atoms with van der Waals surface area (Å²) in [6.07, 6.45) is 1.85. The molecule has 0 aliphatic rings. The fourth-order valence-electron chi connectivity index (χ4n) is 1.72. The smallest absolute Gasteiger partial charge is 0.180 e. The van der Waals surface area contributed by atoms with Crippen LogP contribution in [-0.2, 0) is 20.6 Å². The Morgan fingerprint density at radius 3 is 2.28 bits per heavy atom. The highest BCUT2D eigenvalue weighted by Crippen LogP contribution is 2.03. The Kier molecular flexibility index (Phi) is 8.47. The van der Waals surface area contributed by atoms with Crippen LogP contribution < -0.4 is 0 Å². The van der Waals surface area contributed by atoms with Gasteiger partial charge in [-0.25, -0.2) is 0 Å². The van der Waals surface area contributed by atoms with E-state index in [4.69, 9.17) is 14.2 Å². The quantitative estimate of drug-likeness (QED) is 0.473. The zero-order chi connectivity index (χ0) is 13.1. The second kappa shape index (κ2) is 10.1. The minimum atomic E-state index is -0.225. The maximum absolute atomic E-state index is 5.57. The lowest BCUT2D eigenvalue weighted by atomic mass is 10.1. The van der Waals surface area contributed by atoms with Crippen LogP contribution in [0.15, 0.2) is 30.3 Å². The van der Waals surface area contributed by atoms with Crippen molar-refractivity contribution in [3.8, 4) is 0 Å². The van der Waals surface area contributed by atoms with Crippen molar-refractivity contribution in [2.75, 3.05) is 26.4 Å². The third-order valence-electron chi connectivity index (χ3n) is 2.56. The van der Waals surface area contributed by atoms with Gasteiger partial charge in [-0.1, -0.05) is 30.3 Å². The first-order valence-corrected chi connectivity index (χ1v) is 6.71. The van der Waals surface area contributed by atoms with Crippen molar-refractivity contribution in [1.29, 1.82) is 0 Å². The molecule has 0 amide bonds. The molecular weight excluding hydrogens is 228 g/mol. The zero-order valence-electron chi connectivity index (χ0n) is 11.4. The van der Waals surface area contributed by atoms with E-state index in [1.54, 1.807) is 0 Å². The van der Waals surface area contributed by atoms with Crippen molar-refractivity contribution in [2.24, 2.45) is 0 Å². The predicted molar refractivity (Wildman–Crippen MR) is 72.6 cm³/mol. The van der Waals surface area contributed by atoms with Gasteiger partial charge in [0.2, 0.25) is 0 Å². The molecule has 0 N–H and O–H groups in total. The number of benzene rings is 1. The van der Waals surface area contributed by atoms with E-state index in [2.05, 4.69) is 24.3 Å². The lowest BCUT2D eigenvalue weighted by molar-refractivity contribution is -0.167. The maximum Gasteiger partial charge on any atom is 0.180 e. The van der Waals surface area contributed by atoms with Crippen LogP contribution in [0.4, 0.5) is 0 Å². The van der Waals surface area contributed by atoms with E-state index in [1.807, 2.05) is 19.9 Å². The van der Waals surface area contributed by atoms with Crippen molar-refractivity contribution in [3.63, 3.8) is 0 Å². The van der Waals surface area contributed by atoms with E-state index < -0.39 is 0 Å². The Bertz CT molecular complexity index is 281. The molecule has 0 fully saturated rings. The molecule has 0 aliphatic carbocycles. The molecule has 0 aromatic heterocycles. The number of aryl methyl sites for hydroxylation is 1. The number of ether oxygens (including phenoxy) is 3. The molecule has 0 radical (unpaired) electrons. The summed E-state index contributed by atoms with van der Waals surface area (Å²) < 4.78 is 16.4. The summed E-state index contributed by atoms with van der Waals surface area (Å²) in [7, 11) is 0. The molecule has 0 unspecified atom stereocenters. The van der Waals surface area contributed by atoms with Gasteiger partial charge in [0.25, 0.3) is 0 Å². The van der Waals surface area contributed by atoms with Crippen molar-refractivity contribution < 1.29 is 14.2 Å². The first-order valence-electron chi connectivity index (χ1n) is 6.71. The second-order valence-electron chi connectivity index (χ2n) is 4.00. The SMILES string of the molecule is CCOC(COCCCc1ccccc1)OCC. The molecule has 1 rings (SSSR count). The number of hydrogen-bond donors (Lipinski definition) is 0. The maximum atomic E-state index is 5.57. The normalized spacial score (nSPS) is 11.1. The third kappa shape index (κ3) is 6.74. The van der Waals surface area contributed by atoms with Crippen LogP contribution in [0, 0.1) is 0 Å². The van der Waals surface area contributed by atoms with Gasteiger partial charge in [0.1, 0.15) is 0 Å². The van der Waals surface area contributed by atoms with Gasteiger partial charge in [0.05, 0.1) is 6.61 Å². The predicted octanol–water partition coefficient (Wildman–Crippen LogP) is 3.03. The van der Waals surface area contributed by atoms with Crippen LogP contribution in [0.1, 0.15) is 25.8 Å².